The van der Waals surface area contributed by atoms with Crippen molar-refractivity contribution in [3.63, 3.8) is 0 Å². The maximum atomic E-state index is 11.3. The van der Waals surface area contributed by atoms with Crippen molar-refractivity contribution in [3.05, 3.63) is 0 Å². The number of hydrogen-bond acceptors (Lipinski definition) is 4. The Morgan fingerprint density at radius 3 is 2.41 bits per heavy atom. The van der Waals surface area contributed by atoms with Crippen molar-refractivity contribution in [3.8, 4) is 0 Å². The van der Waals surface area contributed by atoms with E-state index in [-0.39, 0.29) is 25.3 Å². The zero-order valence-corrected chi connectivity index (χ0v) is 9.82. The Labute approximate surface area is 99.3 Å². The van der Waals surface area contributed by atoms with Crippen LogP contribution in [0.2, 0.25) is 0 Å². The summed E-state index contributed by atoms with van der Waals surface area (Å²) in [6, 6.07) is 0. The zero-order chi connectivity index (χ0) is 12.9. The highest BCUT2D eigenvalue weighted by Gasteiger charge is 2.50. The van der Waals surface area contributed by atoms with E-state index in [0.717, 1.165) is 0 Å². The van der Waals surface area contributed by atoms with E-state index in [1.807, 2.05) is 0 Å². The van der Waals surface area contributed by atoms with E-state index in [2.05, 4.69) is 10.1 Å². The highest BCUT2D eigenvalue weighted by atomic mass is 16.5. The van der Waals surface area contributed by atoms with E-state index in [9.17, 15) is 14.4 Å². The molecule has 0 saturated heterocycles. The summed E-state index contributed by atoms with van der Waals surface area (Å²) in [7, 11) is 0. The van der Waals surface area contributed by atoms with Gasteiger partial charge in [0.1, 0.15) is 0 Å². The molecule has 0 heterocycles. The van der Waals surface area contributed by atoms with Crippen molar-refractivity contribution < 1.29 is 24.2 Å². The Hall–Kier alpha value is -1.59. The minimum absolute atomic E-state index is 0.0275. The van der Waals surface area contributed by atoms with E-state index in [1.165, 1.54) is 0 Å². The van der Waals surface area contributed by atoms with Gasteiger partial charge in [0.15, 0.2) is 0 Å². The number of hydrogen-bond donors (Lipinski definition) is 2. The lowest BCUT2D eigenvalue weighted by Gasteiger charge is -2.10. The molecule has 1 amide bonds. The number of nitrogens with one attached hydrogen (secondary N) is 1. The van der Waals surface area contributed by atoms with Gasteiger partial charge >= 0.3 is 11.9 Å². The maximum Gasteiger partial charge on any atom is 0.311 e. The molecule has 1 rings (SSSR count). The molecule has 0 spiro atoms. The van der Waals surface area contributed by atoms with E-state index < -0.39 is 17.4 Å². The van der Waals surface area contributed by atoms with Gasteiger partial charge in [-0.15, -0.1) is 0 Å². The number of carboxylic acids is 1. The third kappa shape index (κ3) is 4.05. The van der Waals surface area contributed by atoms with E-state index >= 15 is 0 Å². The number of carbonyl (C=O) groups is 3. The largest absolute Gasteiger partial charge is 0.481 e. The van der Waals surface area contributed by atoms with Crippen LogP contribution in [-0.4, -0.2) is 36.1 Å². The second kappa shape index (κ2) is 5.65. The second-order valence-corrected chi connectivity index (χ2v) is 4.17. The summed E-state index contributed by atoms with van der Waals surface area (Å²) in [6.07, 6.45) is 1.26. The summed E-state index contributed by atoms with van der Waals surface area (Å²) in [4.78, 5) is 33.1. The SMILES string of the molecule is CCOC(=O)CCC(=O)NCC1(C(=O)O)CC1. The first-order valence-corrected chi connectivity index (χ1v) is 5.66. The molecule has 1 aliphatic carbocycles. The van der Waals surface area contributed by atoms with Gasteiger partial charge in [-0.3, -0.25) is 14.4 Å². The summed E-state index contributed by atoms with van der Waals surface area (Å²) in [5.74, 6) is -1.60. The Bertz CT molecular complexity index is 322. The van der Waals surface area contributed by atoms with Crippen LogP contribution in [-0.2, 0) is 19.1 Å². The minimum Gasteiger partial charge on any atom is -0.481 e. The van der Waals surface area contributed by atoms with Gasteiger partial charge in [-0.05, 0) is 19.8 Å². The Kier molecular flexibility index (Phi) is 4.48. The number of rotatable bonds is 7. The fraction of sp³-hybridized carbons (Fsp3) is 0.727. The summed E-state index contributed by atoms with van der Waals surface area (Å²) >= 11 is 0. The van der Waals surface area contributed by atoms with Gasteiger partial charge in [0, 0.05) is 13.0 Å². The summed E-state index contributed by atoms with van der Waals surface area (Å²) < 4.78 is 4.68. The molecule has 1 fully saturated rings. The maximum absolute atomic E-state index is 11.3. The van der Waals surface area contributed by atoms with Crippen molar-refractivity contribution in [1.82, 2.24) is 5.32 Å². The lowest BCUT2D eigenvalue weighted by Crippen LogP contribution is -2.34. The first-order valence-electron chi connectivity index (χ1n) is 5.66. The molecular formula is C11H17NO5. The first-order chi connectivity index (χ1) is 8.00. The predicted octanol–water partition coefficient (Wildman–Crippen LogP) is 0.311. The lowest BCUT2D eigenvalue weighted by atomic mass is 10.1. The van der Waals surface area contributed by atoms with Crippen LogP contribution in [0.15, 0.2) is 0 Å². The highest BCUT2D eigenvalue weighted by Crippen LogP contribution is 2.45. The lowest BCUT2D eigenvalue weighted by molar-refractivity contribution is -0.145. The van der Waals surface area contributed by atoms with Crippen LogP contribution in [0.25, 0.3) is 0 Å². The molecule has 1 saturated carbocycles. The Balaban J connectivity index is 2.18. The van der Waals surface area contributed by atoms with Crippen LogP contribution in [0.1, 0.15) is 32.6 Å². The average molecular weight is 243 g/mol. The summed E-state index contributed by atoms with van der Waals surface area (Å²) in [5.41, 5.74) is -0.764. The fourth-order valence-corrected chi connectivity index (χ4v) is 1.42. The average Bonchev–Trinajstić information content (AvgIpc) is 3.05. The molecule has 0 aromatic carbocycles. The van der Waals surface area contributed by atoms with Gasteiger partial charge in [-0.1, -0.05) is 0 Å². The molecule has 0 unspecified atom stereocenters. The van der Waals surface area contributed by atoms with E-state index in [4.69, 9.17) is 5.11 Å². The molecule has 96 valence electrons. The van der Waals surface area contributed by atoms with Gasteiger partial charge in [0.2, 0.25) is 5.91 Å². The Morgan fingerprint density at radius 2 is 1.94 bits per heavy atom. The number of carbonyl (C=O) groups excluding carboxylic acids is 2. The molecule has 0 atom stereocenters. The normalized spacial score (nSPS) is 16.1. The first kappa shape index (κ1) is 13.5. The third-order valence-electron chi connectivity index (χ3n) is 2.79. The van der Waals surface area contributed by atoms with Gasteiger partial charge in [-0.25, -0.2) is 0 Å². The van der Waals surface area contributed by atoms with Crippen molar-refractivity contribution in [2.75, 3.05) is 13.2 Å². The minimum atomic E-state index is -0.872. The Morgan fingerprint density at radius 1 is 1.29 bits per heavy atom. The molecule has 17 heavy (non-hydrogen) atoms. The standard InChI is InChI=1S/C11H17NO5/c1-2-17-9(14)4-3-8(13)12-7-11(5-6-11)10(15)16/h2-7H2,1H3,(H,12,13)(H,15,16). The number of aliphatic carboxylic acids is 1. The monoisotopic (exact) mass is 243 g/mol. The van der Waals surface area contributed by atoms with Crippen LogP contribution in [0, 0.1) is 5.41 Å². The molecule has 2 N–H and O–H groups in total. The number of esters is 1. The number of ether oxygens (including phenoxy) is 1. The van der Waals surface area contributed by atoms with E-state index in [1.54, 1.807) is 6.92 Å². The summed E-state index contributed by atoms with van der Waals surface area (Å²) in [5, 5.41) is 11.4. The van der Waals surface area contributed by atoms with Crippen LogP contribution in [0.5, 0.6) is 0 Å². The van der Waals surface area contributed by atoms with Crippen molar-refractivity contribution in [2.45, 2.75) is 32.6 Å². The van der Waals surface area contributed by atoms with E-state index in [0.29, 0.717) is 19.4 Å². The van der Waals surface area contributed by atoms with Crippen LogP contribution < -0.4 is 5.32 Å². The number of carboxylic acid groups (broad SMARTS) is 1. The molecule has 6 nitrogen and oxygen atoms in total. The topological polar surface area (TPSA) is 92.7 Å². The fourth-order valence-electron chi connectivity index (χ4n) is 1.42. The number of amides is 1. The van der Waals surface area contributed by atoms with Gasteiger partial charge in [0.25, 0.3) is 0 Å². The molecule has 0 bridgehead atoms. The van der Waals surface area contributed by atoms with Gasteiger partial charge in [0.05, 0.1) is 18.4 Å². The smallest absolute Gasteiger partial charge is 0.311 e. The predicted molar refractivity (Wildman–Crippen MR) is 58.2 cm³/mol. The molecule has 0 aromatic rings. The van der Waals surface area contributed by atoms with Crippen molar-refractivity contribution in [2.24, 2.45) is 5.41 Å². The quantitative estimate of drug-likeness (QED) is 0.628. The zero-order valence-electron chi connectivity index (χ0n) is 9.82. The molecule has 6 heteroatoms. The molecular weight excluding hydrogens is 226 g/mol. The van der Waals surface area contributed by atoms with Gasteiger partial charge < -0.3 is 15.2 Å². The molecule has 1 aliphatic rings. The molecule has 0 aromatic heterocycles. The van der Waals surface area contributed by atoms with Crippen molar-refractivity contribution >= 4 is 17.8 Å². The third-order valence-corrected chi connectivity index (χ3v) is 2.79. The summed E-state index contributed by atoms with van der Waals surface area (Å²) in [6.45, 7) is 2.13. The molecule has 0 radical (unpaired) electrons. The second-order valence-electron chi connectivity index (χ2n) is 4.17. The molecule has 0 aliphatic heterocycles. The van der Waals surface area contributed by atoms with Crippen molar-refractivity contribution in [1.29, 1.82) is 0 Å². The highest BCUT2D eigenvalue weighted by molar-refractivity contribution is 5.83. The van der Waals surface area contributed by atoms with Crippen LogP contribution in [0.4, 0.5) is 0 Å². The van der Waals surface area contributed by atoms with Gasteiger partial charge in [-0.2, -0.15) is 0 Å². The van der Waals surface area contributed by atoms with Crippen LogP contribution >= 0.6 is 0 Å². The van der Waals surface area contributed by atoms with Crippen LogP contribution in [0.3, 0.4) is 0 Å².